The summed E-state index contributed by atoms with van der Waals surface area (Å²) in [4.78, 5) is 0. The van der Waals surface area contributed by atoms with E-state index in [1.165, 1.54) is 66.9 Å². The van der Waals surface area contributed by atoms with Gasteiger partial charge in [-0.15, -0.1) is 0 Å². The minimum Gasteiger partial charge on any atom is -0.321 e. The van der Waals surface area contributed by atoms with Crippen LogP contribution in [0, 0.1) is 0 Å². The number of likely N-dealkylation sites (N-methyl/N-ethyl adjacent to an activating group) is 2. The maximum atomic E-state index is 2.46. The molecule has 24 heavy (non-hydrogen) atoms. The highest BCUT2D eigenvalue weighted by atomic mass is 15.4. The van der Waals surface area contributed by atoms with Gasteiger partial charge in [0.2, 0.25) is 0 Å². The van der Waals surface area contributed by atoms with Crippen LogP contribution in [-0.2, 0) is 0 Å². The molecule has 1 rings (SSSR count). The van der Waals surface area contributed by atoms with Crippen molar-refractivity contribution in [2.75, 3.05) is 52.4 Å². The number of benzene rings is 1. The zero-order valence-electron chi connectivity index (χ0n) is 17.0. The van der Waals surface area contributed by atoms with Gasteiger partial charge < -0.3 is 8.97 Å². The highest BCUT2D eigenvalue weighted by molar-refractivity contribution is 5.53. The van der Waals surface area contributed by atoms with Gasteiger partial charge in [0.05, 0.1) is 39.3 Å². The molecule has 0 atom stereocenters. The van der Waals surface area contributed by atoms with E-state index in [0.717, 1.165) is 0 Å². The van der Waals surface area contributed by atoms with Crippen molar-refractivity contribution >= 4 is 6.08 Å². The van der Waals surface area contributed by atoms with Crippen molar-refractivity contribution in [3.05, 3.63) is 41.5 Å². The lowest BCUT2D eigenvalue weighted by Gasteiger charge is -2.40. The third-order valence-electron chi connectivity index (χ3n) is 6.27. The van der Waals surface area contributed by atoms with Crippen LogP contribution in [0.5, 0.6) is 0 Å². The Morgan fingerprint density at radius 2 is 1.04 bits per heavy atom. The summed E-state index contributed by atoms with van der Waals surface area (Å²) in [5.74, 6) is 0. The largest absolute Gasteiger partial charge is 0.321 e. The molecule has 0 aliphatic carbocycles. The minimum absolute atomic E-state index is 1.18. The second-order valence-electron chi connectivity index (χ2n) is 7.11. The first-order valence-electron chi connectivity index (χ1n) is 9.97. The lowest BCUT2D eigenvalue weighted by atomic mass is 10.1. The third-order valence-corrected chi connectivity index (χ3v) is 6.27. The second-order valence-corrected chi connectivity index (χ2v) is 7.11. The first kappa shape index (κ1) is 20.9. The summed E-state index contributed by atoms with van der Waals surface area (Å²) >= 11 is 0. The van der Waals surface area contributed by atoms with Crippen molar-refractivity contribution in [1.82, 2.24) is 0 Å². The van der Waals surface area contributed by atoms with Gasteiger partial charge in [0.25, 0.3) is 0 Å². The van der Waals surface area contributed by atoms with E-state index in [1.807, 2.05) is 0 Å². The van der Waals surface area contributed by atoms with Crippen LogP contribution in [0.2, 0.25) is 0 Å². The van der Waals surface area contributed by atoms with Crippen molar-refractivity contribution < 1.29 is 8.97 Å². The van der Waals surface area contributed by atoms with Crippen LogP contribution in [0.1, 0.15) is 47.1 Å². The molecule has 0 aliphatic heterocycles. The first-order chi connectivity index (χ1) is 11.5. The van der Waals surface area contributed by atoms with E-state index in [0.29, 0.717) is 0 Å². The standard InChI is InChI=1S/C22H40N2/c1-7-23(8-2,9-3)19-22(18-21-16-14-13-15-17-21)20-24(10-4,11-5)12-6/h13-18H,7-12,19-20H2,1-6H3/q+2. The molecule has 0 fully saturated rings. The molecule has 0 radical (unpaired) electrons. The van der Waals surface area contributed by atoms with Gasteiger partial charge in [-0.2, -0.15) is 0 Å². The molecule has 0 heterocycles. The third kappa shape index (κ3) is 5.46. The molecule has 0 amide bonds. The second kappa shape index (κ2) is 10.0. The van der Waals surface area contributed by atoms with E-state index >= 15 is 0 Å². The summed E-state index contributed by atoms with van der Waals surface area (Å²) in [7, 11) is 0. The Balaban J connectivity index is 3.19. The van der Waals surface area contributed by atoms with E-state index in [9.17, 15) is 0 Å². The Labute approximate surface area is 151 Å². The Kier molecular flexibility index (Phi) is 8.72. The van der Waals surface area contributed by atoms with Crippen molar-refractivity contribution in [3.63, 3.8) is 0 Å². The Morgan fingerprint density at radius 3 is 1.38 bits per heavy atom. The molecule has 2 heteroatoms. The Bertz CT molecular complexity index is 441. The fraction of sp³-hybridized carbons (Fsp3) is 0.636. The number of hydrogen-bond donors (Lipinski definition) is 0. The molecule has 0 saturated carbocycles. The molecule has 0 N–H and O–H groups in total. The molecule has 0 aliphatic rings. The zero-order chi connectivity index (χ0) is 18.1. The highest BCUT2D eigenvalue weighted by Gasteiger charge is 2.28. The predicted octanol–water partition coefficient (Wildman–Crippen LogP) is 4.82. The molecular formula is C22H40N2+2. The summed E-state index contributed by atoms with van der Waals surface area (Å²) in [6, 6.07) is 10.9. The lowest BCUT2D eigenvalue weighted by molar-refractivity contribution is -0.932. The topological polar surface area (TPSA) is 0 Å². The molecule has 1 aromatic carbocycles. The molecule has 0 bridgehead atoms. The number of rotatable bonds is 11. The molecular weight excluding hydrogens is 292 g/mol. The molecule has 0 aromatic heterocycles. The molecule has 0 unspecified atom stereocenters. The first-order valence-corrected chi connectivity index (χ1v) is 9.97. The van der Waals surface area contributed by atoms with Crippen LogP contribution in [0.25, 0.3) is 6.08 Å². The van der Waals surface area contributed by atoms with Crippen LogP contribution in [-0.4, -0.2) is 61.3 Å². The number of nitrogens with zero attached hydrogens (tertiary/aromatic N) is 2. The maximum absolute atomic E-state index is 2.46. The van der Waals surface area contributed by atoms with Crippen molar-refractivity contribution in [1.29, 1.82) is 0 Å². The summed E-state index contributed by atoms with van der Waals surface area (Å²) in [6.45, 7) is 23.7. The maximum Gasteiger partial charge on any atom is 0.106 e. The van der Waals surface area contributed by atoms with Crippen LogP contribution in [0.3, 0.4) is 0 Å². The van der Waals surface area contributed by atoms with Gasteiger partial charge >= 0.3 is 0 Å². The van der Waals surface area contributed by atoms with Gasteiger partial charge in [0.15, 0.2) is 0 Å². The summed E-state index contributed by atoms with van der Waals surface area (Å²) in [5.41, 5.74) is 2.95. The van der Waals surface area contributed by atoms with E-state index in [1.54, 1.807) is 5.57 Å². The quantitative estimate of drug-likeness (QED) is 0.510. The van der Waals surface area contributed by atoms with Gasteiger partial charge in [-0.1, -0.05) is 30.3 Å². The summed E-state index contributed by atoms with van der Waals surface area (Å²) in [5, 5.41) is 0. The van der Waals surface area contributed by atoms with Gasteiger partial charge in [0.1, 0.15) is 13.1 Å². The van der Waals surface area contributed by atoms with Crippen LogP contribution < -0.4 is 0 Å². The smallest absolute Gasteiger partial charge is 0.106 e. The normalized spacial score (nSPS) is 12.2. The average molecular weight is 333 g/mol. The minimum atomic E-state index is 1.18. The van der Waals surface area contributed by atoms with Crippen LogP contribution in [0.15, 0.2) is 35.9 Å². The van der Waals surface area contributed by atoms with Crippen molar-refractivity contribution in [2.45, 2.75) is 41.5 Å². The van der Waals surface area contributed by atoms with Crippen LogP contribution >= 0.6 is 0 Å². The van der Waals surface area contributed by atoms with E-state index in [2.05, 4.69) is 78.0 Å². The van der Waals surface area contributed by atoms with Gasteiger partial charge in [-0.3, -0.25) is 0 Å². The van der Waals surface area contributed by atoms with E-state index < -0.39 is 0 Å². The van der Waals surface area contributed by atoms with Gasteiger partial charge in [-0.25, -0.2) is 0 Å². The Hall–Kier alpha value is -1.12. The van der Waals surface area contributed by atoms with E-state index in [-0.39, 0.29) is 0 Å². The monoisotopic (exact) mass is 332 g/mol. The SMILES string of the molecule is CC[N+](CC)(CC)CC(=Cc1ccccc1)C[N+](CC)(CC)CC. The number of hydrogen-bond acceptors (Lipinski definition) is 0. The van der Waals surface area contributed by atoms with Crippen molar-refractivity contribution in [3.8, 4) is 0 Å². The zero-order valence-corrected chi connectivity index (χ0v) is 17.0. The predicted molar refractivity (Wildman–Crippen MR) is 108 cm³/mol. The molecule has 0 spiro atoms. The van der Waals surface area contributed by atoms with Gasteiger partial charge in [0, 0.05) is 5.57 Å². The molecule has 2 nitrogen and oxygen atoms in total. The Morgan fingerprint density at radius 1 is 0.667 bits per heavy atom. The fourth-order valence-electron chi connectivity index (χ4n) is 3.80. The number of quaternary nitrogens is 2. The van der Waals surface area contributed by atoms with E-state index in [4.69, 9.17) is 0 Å². The lowest BCUT2D eigenvalue weighted by Crippen LogP contribution is -2.53. The molecule has 0 saturated heterocycles. The summed E-state index contributed by atoms with van der Waals surface area (Å²) in [6.07, 6.45) is 2.46. The van der Waals surface area contributed by atoms with Crippen LogP contribution in [0.4, 0.5) is 0 Å². The molecule has 136 valence electrons. The van der Waals surface area contributed by atoms with Crippen molar-refractivity contribution in [2.24, 2.45) is 0 Å². The molecule has 1 aromatic rings. The fourth-order valence-corrected chi connectivity index (χ4v) is 3.80. The summed E-state index contributed by atoms with van der Waals surface area (Å²) < 4.78 is 2.38. The highest BCUT2D eigenvalue weighted by Crippen LogP contribution is 2.19. The average Bonchev–Trinajstić information content (AvgIpc) is 2.65. The van der Waals surface area contributed by atoms with Gasteiger partial charge in [-0.05, 0) is 53.2 Å².